The molecule has 6 nitrogen and oxygen atoms in total. The van der Waals surface area contributed by atoms with E-state index >= 15 is 0 Å². The maximum Gasteiger partial charge on any atom is 0.347 e. The minimum Gasteiger partial charge on any atom is -0.478 e. The largest absolute Gasteiger partial charge is 0.478 e. The van der Waals surface area contributed by atoms with E-state index in [2.05, 4.69) is 5.16 Å². The first-order valence-electron chi connectivity index (χ1n) is 9.77. The molecular formula is C21H28ClNO5. The Morgan fingerprint density at radius 3 is 2.75 bits per heavy atom. The van der Waals surface area contributed by atoms with Crippen molar-refractivity contribution >= 4 is 23.3 Å². The molecule has 154 valence electrons. The Kier molecular flexibility index (Phi) is 6.50. The molecule has 1 fully saturated rings. The molecule has 28 heavy (non-hydrogen) atoms. The fourth-order valence-corrected chi connectivity index (χ4v) is 3.21. The number of nitrogens with zero attached hydrogens (tertiary/aromatic N) is 1. The topological polar surface area (TPSA) is 66.3 Å². The molecule has 0 aromatic heterocycles. The van der Waals surface area contributed by atoms with Crippen molar-refractivity contribution in [3.63, 3.8) is 0 Å². The molecule has 0 spiro atoms. The highest BCUT2D eigenvalue weighted by molar-refractivity contribution is 6.31. The zero-order chi connectivity index (χ0) is 20.3. The Balaban J connectivity index is 1.85. The van der Waals surface area contributed by atoms with Crippen molar-refractivity contribution in [3.05, 3.63) is 28.8 Å². The van der Waals surface area contributed by atoms with Gasteiger partial charge in [0, 0.05) is 17.2 Å². The molecule has 0 saturated heterocycles. The predicted octanol–water partition coefficient (Wildman–Crippen LogP) is 4.37. The van der Waals surface area contributed by atoms with Crippen molar-refractivity contribution in [1.29, 1.82) is 0 Å². The highest BCUT2D eigenvalue weighted by Gasteiger charge is 2.35. The molecule has 1 heterocycles. The summed E-state index contributed by atoms with van der Waals surface area (Å²) in [6.45, 7) is 8.34. The van der Waals surface area contributed by atoms with Crippen molar-refractivity contribution in [2.75, 3.05) is 13.2 Å². The van der Waals surface area contributed by atoms with Crippen LogP contribution in [0.4, 0.5) is 0 Å². The van der Waals surface area contributed by atoms with E-state index in [4.69, 9.17) is 30.6 Å². The van der Waals surface area contributed by atoms with Crippen LogP contribution in [0.5, 0.6) is 5.75 Å². The molecule has 1 saturated carbocycles. The number of oxime groups is 1. The van der Waals surface area contributed by atoms with Crippen LogP contribution < -0.4 is 4.74 Å². The van der Waals surface area contributed by atoms with Gasteiger partial charge in [-0.1, -0.05) is 29.6 Å². The van der Waals surface area contributed by atoms with Crippen molar-refractivity contribution in [3.8, 4) is 5.75 Å². The Morgan fingerprint density at radius 1 is 1.36 bits per heavy atom. The van der Waals surface area contributed by atoms with Gasteiger partial charge in [-0.3, -0.25) is 0 Å². The molecule has 1 aromatic rings. The van der Waals surface area contributed by atoms with Gasteiger partial charge in [0.2, 0.25) is 0 Å². The second-order valence-corrected chi connectivity index (χ2v) is 8.61. The lowest BCUT2D eigenvalue weighted by Crippen LogP contribution is -2.36. The first kappa shape index (κ1) is 20.9. The van der Waals surface area contributed by atoms with Crippen LogP contribution in [0.25, 0.3) is 0 Å². The van der Waals surface area contributed by atoms with E-state index < -0.39 is 11.7 Å². The first-order chi connectivity index (χ1) is 13.3. The Bertz CT molecular complexity index is 739. The number of benzene rings is 1. The number of carbonyl (C=O) groups is 1. The number of rotatable bonds is 8. The molecule has 1 unspecified atom stereocenters. The SMILES string of the molecule is CCOC1CON=C1c1cc(Cl)ccc1O[C@@H](CC1CC1)C(=O)OC(C)(C)C. The summed E-state index contributed by atoms with van der Waals surface area (Å²) >= 11 is 6.22. The fourth-order valence-electron chi connectivity index (χ4n) is 3.04. The van der Waals surface area contributed by atoms with Gasteiger partial charge in [0.25, 0.3) is 0 Å². The third-order valence-electron chi connectivity index (χ3n) is 4.46. The van der Waals surface area contributed by atoms with Crippen LogP contribution in [0, 0.1) is 5.92 Å². The highest BCUT2D eigenvalue weighted by Crippen LogP contribution is 2.36. The van der Waals surface area contributed by atoms with Gasteiger partial charge in [-0.15, -0.1) is 0 Å². The van der Waals surface area contributed by atoms with E-state index in [1.165, 1.54) is 0 Å². The van der Waals surface area contributed by atoms with Crippen LogP contribution in [0.3, 0.4) is 0 Å². The Labute approximate surface area is 171 Å². The summed E-state index contributed by atoms with van der Waals surface area (Å²) in [5, 5.41) is 4.67. The van der Waals surface area contributed by atoms with Crippen LogP contribution in [0.2, 0.25) is 5.02 Å². The summed E-state index contributed by atoms with van der Waals surface area (Å²) in [6.07, 6.45) is 1.88. The predicted molar refractivity (Wildman–Crippen MR) is 107 cm³/mol. The third-order valence-corrected chi connectivity index (χ3v) is 4.70. The first-order valence-corrected chi connectivity index (χ1v) is 10.2. The van der Waals surface area contributed by atoms with Crippen molar-refractivity contribution < 1.29 is 23.8 Å². The van der Waals surface area contributed by atoms with Gasteiger partial charge in [-0.05, 0) is 58.2 Å². The van der Waals surface area contributed by atoms with Gasteiger partial charge in [0.15, 0.2) is 6.10 Å². The van der Waals surface area contributed by atoms with Gasteiger partial charge in [0.05, 0.1) is 0 Å². The monoisotopic (exact) mass is 409 g/mol. The number of carbonyl (C=O) groups excluding carboxylic acids is 1. The van der Waals surface area contributed by atoms with Crippen LogP contribution >= 0.6 is 11.6 Å². The minimum atomic E-state index is -0.680. The molecule has 1 aliphatic heterocycles. The lowest BCUT2D eigenvalue weighted by Gasteiger charge is -2.25. The molecule has 0 amide bonds. The maximum absolute atomic E-state index is 12.7. The average Bonchev–Trinajstić information content (AvgIpc) is 3.30. The summed E-state index contributed by atoms with van der Waals surface area (Å²) < 4.78 is 17.5. The lowest BCUT2D eigenvalue weighted by molar-refractivity contribution is -0.164. The lowest BCUT2D eigenvalue weighted by atomic mass is 10.0. The van der Waals surface area contributed by atoms with Crippen LogP contribution in [0.1, 0.15) is 52.5 Å². The zero-order valence-electron chi connectivity index (χ0n) is 16.9. The molecular weight excluding hydrogens is 382 g/mol. The van der Waals surface area contributed by atoms with E-state index in [0.717, 1.165) is 12.8 Å². The van der Waals surface area contributed by atoms with Gasteiger partial charge >= 0.3 is 5.97 Å². The van der Waals surface area contributed by atoms with Gasteiger partial charge in [-0.2, -0.15) is 0 Å². The van der Waals surface area contributed by atoms with E-state index in [1.807, 2.05) is 27.7 Å². The maximum atomic E-state index is 12.7. The standard InChI is InChI=1S/C21H28ClNO5/c1-5-25-18-12-26-23-19(18)15-11-14(22)8-9-16(15)27-17(10-13-6-7-13)20(24)28-21(2,3)4/h8-9,11,13,17-18H,5-7,10,12H2,1-4H3/t17-,18?/m0/s1. The van der Waals surface area contributed by atoms with E-state index in [0.29, 0.717) is 47.6 Å². The normalized spacial score (nSPS) is 20.3. The number of hydrogen-bond acceptors (Lipinski definition) is 6. The molecule has 1 aliphatic carbocycles. The van der Waals surface area contributed by atoms with E-state index in [-0.39, 0.29) is 12.1 Å². The molecule has 0 N–H and O–H groups in total. The minimum absolute atomic E-state index is 0.297. The Hall–Kier alpha value is -1.79. The number of hydrogen-bond donors (Lipinski definition) is 0. The number of esters is 1. The number of halogens is 1. The van der Waals surface area contributed by atoms with Gasteiger partial charge in [-0.25, -0.2) is 4.79 Å². The highest BCUT2D eigenvalue weighted by atomic mass is 35.5. The van der Waals surface area contributed by atoms with Crippen molar-refractivity contribution in [1.82, 2.24) is 0 Å². The van der Waals surface area contributed by atoms with E-state index in [1.54, 1.807) is 18.2 Å². The summed E-state index contributed by atoms with van der Waals surface area (Å²) in [5.74, 6) is 0.665. The molecule has 2 atom stereocenters. The quantitative estimate of drug-likeness (QED) is 0.596. The molecule has 2 aliphatic rings. The molecule has 3 rings (SSSR count). The summed E-state index contributed by atoms with van der Waals surface area (Å²) in [5.41, 5.74) is 0.718. The zero-order valence-corrected chi connectivity index (χ0v) is 17.6. The fraction of sp³-hybridized carbons (Fsp3) is 0.619. The molecule has 0 radical (unpaired) electrons. The van der Waals surface area contributed by atoms with Crippen LogP contribution in [-0.2, 0) is 19.1 Å². The van der Waals surface area contributed by atoms with E-state index in [9.17, 15) is 4.79 Å². The third kappa shape index (κ3) is 5.61. The summed E-state index contributed by atoms with van der Waals surface area (Å²) in [4.78, 5) is 18.0. The molecule has 0 bridgehead atoms. The van der Waals surface area contributed by atoms with Crippen molar-refractivity contribution in [2.24, 2.45) is 11.1 Å². The van der Waals surface area contributed by atoms with Crippen molar-refractivity contribution in [2.45, 2.75) is 64.8 Å². The molecule has 1 aromatic carbocycles. The van der Waals surface area contributed by atoms with Gasteiger partial charge in [0.1, 0.15) is 29.8 Å². The second-order valence-electron chi connectivity index (χ2n) is 8.18. The summed E-state index contributed by atoms with van der Waals surface area (Å²) in [6, 6.07) is 5.25. The van der Waals surface area contributed by atoms with Crippen LogP contribution in [-0.4, -0.2) is 42.7 Å². The summed E-state index contributed by atoms with van der Waals surface area (Å²) in [7, 11) is 0. The molecule has 7 heteroatoms. The smallest absolute Gasteiger partial charge is 0.347 e. The second kappa shape index (κ2) is 8.70. The van der Waals surface area contributed by atoms with Gasteiger partial charge < -0.3 is 19.0 Å². The Morgan fingerprint density at radius 2 is 2.11 bits per heavy atom. The number of ether oxygens (including phenoxy) is 3. The van der Waals surface area contributed by atoms with Crippen LogP contribution in [0.15, 0.2) is 23.4 Å². The average molecular weight is 410 g/mol.